The van der Waals surface area contributed by atoms with Crippen molar-refractivity contribution in [3.63, 3.8) is 0 Å². The number of fused-ring (bicyclic) bond motifs is 10. The van der Waals surface area contributed by atoms with Gasteiger partial charge in [-0.3, -0.25) is 13.6 Å². The van der Waals surface area contributed by atoms with Crippen LogP contribution in [0, 0.1) is 11.7 Å². The molecule has 0 spiro atoms. The maximum absolute atomic E-state index is 15.9. The summed E-state index contributed by atoms with van der Waals surface area (Å²) in [6.45, 7) is 7.36. The van der Waals surface area contributed by atoms with Crippen LogP contribution >= 0.6 is 11.8 Å². The number of benzene rings is 1. The van der Waals surface area contributed by atoms with Crippen LogP contribution in [-0.2, 0) is 28.0 Å². The first-order chi connectivity index (χ1) is 22.7. The molecule has 2 aromatic heterocycles. The van der Waals surface area contributed by atoms with Gasteiger partial charge < -0.3 is 15.4 Å². The van der Waals surface area contributed by atoms with Crippen LogP contribution in [0.5, 0.6) is 0 Å². The Balaban J connectivity index is 0.00000213. The Morgan fingerprint density at radius 2 is 1.70 bits per heavy atom. The molecule has 6 heterocycles. The van der Waals surface area contributed by atoms with Crippen molar-refractivity contribution in [3.05, 3.63) is 63.5 Å². The van der Waals surface area contributed by atoms with Gasteiger partial charge in [-0.2, -0.15) is 0 Å². The van der Waals surface area contributed by atoms with Crippen molar-refractivity contribution in [1.29, 1.82) is 0 Å². The van der Waals surface area contributed by atoms with Crippen molar-refractivity contribution in [2.45, 2.75) is 87.6 Å². The number of nitrogens with zero attached hydrogens (tertiary/aromatic N) is 4. The second kappa shape index (κ2) is 16.4. The number of halogens is 3. The second-order valence-corrected chi connectivity index (χ2v) is 15.1. The Labute approximate surface area is 281 Å². The first-order valence-electron chi connectivity index (χ1n) is 16.9. The van der Waals surface area contributed by atoms with Gasteiger partial charge in [0.25, 0.3) is 11.5 Å². The number of rotatable bonds is 1. The Kier molecular flexibility index (Phi) is 12.5. The Hall–Kier alpha value is -2.32. The van der Waals surface area contributed by atoms with Crippen molar-refractivity contribution >= 4 is 33.6 Å². The van der Waals surface area contributed by atoms with Gasteiger partial charge >= 0.3 is 0 Å². The quantitative estimate of drug-likeness (QED) is 0.295. The van der Waals surface area contributed by atoms with Gasteiger partial charge in [0.1, 0.15) is 22.8 Å². The summed E-state index contributed by atoms with van der Waals surface area (Å²) in [5.74, 6) is -4.27. The minimum Gasteiger partial charge on any atom is -0.381 e. The average molecular weight is 694 g/mol. The highest BCUT2D eigenvalue weighted by atomic mass is 32.2. The zero-order valence-electron chi connectivity index (χ0n) is 27.3. The number of nitrogens with two attached hydrogens (primary N) is 1. The van der Waals surface area contributed by atoms with Crippen molar-refractivity contribution < 1.29 is 22.1 Å². The maximum atomic E-state index is 15.9. The highest BCUT2D eigenvalue weighted by Gasteiger charge is 2.45. The summed E-state index contributed by atoms with van der Waals surface area (Å²) in [5.41, 5.74) is 6.78. The van der Waals surface area contributed by atoms with E-state index < -0.39 is 39.4 Å². The molecule has 13 heteroatoms. The van der Waals surface area contributed by atoms with Crippen LogP contribution in [-0.4, -0.2) is 68.0 Å². The van der Waals surface area contributed by atoms with Crippen molar-refractivity contribution in [2.24, 2.45) is 11.7 Å². The summed E-state index contributed by atoms with van der Waals surface area (Å²) in [6.07, 6.45) is 5.56. The lowest BCUT2D eigenvalue weighted by Gasteiger charge is -2.36. The van der Waals surface area contributed by atoms with Gasteiger partial charge in [0.15, 0.2) is 0 Å². The fourth-order valence-electron chi connectivity index (χ4n) is 6.80. The number of thioether (sulfide) groups is 1. The number of pyridine rings is 1. The van der Waals surface area contributed by atoms with Gasteiger partial charge in [-0.1, -0.05) is 43.8 Å². The van der Waals surface area contributed by atoms with Crippen molar-refractivity contribution in [1.82, 2.24) is 19.4 Å². The van der Waals surface area contributed by atoms with Gasteiger partial charge in [-0.25, -0.2) is 23.1 Å². The number of hydrogen-bond donors (Lipinski definition) is 1. The van der Waals surface area contributed by atoms with E-state index in [-0.39, 0.29) is 17.0 Å². The zero-order valence-corrected chi connectivity index (χ0v) is 28.9. The van der Waals surface area contributed by atoms with Crippen LogP contribution in [0.4, 0.5) is 13.2 Å². The second-order valence-electron chi connectivity index (χ2n) is 12.3. The lowest BCUT2D eigenvalue weighted by atomic mass is 9.85. The number of aromatic nitrogens is 3. The molecule has 2 fully saturated rings. The summed E-state index contributed by atoms with van der Waals surface area (Å²) in [6, 6.07) is 5.85. The smallest absolute Gasteiger partial charge is 0.278 e. The lowest BCUT2D eigenvalue weighted by Crippen LogP contribution is -2.40. The van der Waals surface area contributed by atoms with E-state index in [1.165, 1.54) is 24.5 Å². The molecule has 0 radical (unpaired) electrons. The molecule has 1 aromatic carbocycles. The van der Waals surface area contributed by atoms with Crippen molar-refractivity contribution in [2.75, 3.05) is 44.4 Å². The maximum Gasteiger partial charge on any atom is 0.278 e. The molecule has 8 nitrogen and oxygen atoms in total. The fraction of sp³-hybridized carbons (Fsp3) is 0.618. The molecule has 0 aliphatic carbocycles. The summed E-state index contributed by atoms with van der Waals surface area (Å²) >= 11 is 1.05. The molecule has 0 amide bonds. The average Bonchev–Trinajstić information content (AvgIpc) is 3.08. The summed E-state index contributed by atoms with van der Waals surface area (Å²) in [4.78, 5) is 25.0. The molecule has 8 bridgehead atoms. The van der Waals surface area contributed by atoms with E-state index in [0.29, 0.717) is 98.1 Å². The number of hydrogen-bond acceptors (Lipinski definition) is 8. The molecule has 0 saturated carbocycles. The van der Waals surface area contributed by atoms with Crippen LogP contribution in [0.1, 0.15) is 86.8 Å². The van der Waals surface area contributed by atoms with Crippen molar-refractivity contribution in [3.8, 4) is 0 Å². The van der Waals surface area contributed by atoms with Gasteiger partial charge in [0, 0.05) is 59.1 Å². The van der Waals surface area contributed by atoms with Crippen LogP contribution in [0.25, 0.3) is 11.0 Å². The van der Waals surface area contributed by atoms with Gasteiger partial charge in [0.05, 0.1) is 16.3 Å². The normalized spacial score (nSPS) is 27.3. The first-order valence-corrected chi connectivity index (χ1v) is 19.2. The number of piperidine rings is 1. The minimum absolute atomic E-state index is 0.0241. The molecule has 2 N–H and O–H groups in total. The molecule has 258 valence electrons. The molecule has 4 aliphatic rings. The van der Waals surface area contributed by atoms with Gasteiger partial charge in [-0.15, -0.1) is 0 Å². The molecular weight excluding hydrogens is 648 g/mol. The highest BCUT2D eigenvalue weighted by molar-refractivity contribution is 7.99. The third-order valence-corrected chi connectivity index (χ3v) is 11.9. The van der Waals surface area contributed by atoms with E-state index in [2.05, 4.69) is 14.9 Å². The SMILES string of the molecule is CC.N[C@@H]1Sc2ncnc3c2cc(C2CCS(=O)CC2)c(=O)n3CCCOCCCCN2CCC(CC2)C(F)(F)c2cccc1c2F. The van der Waals surface area contributed by atoms with Crippen LogP contribution in [0.2, 0.25) is 0 Å². The molecule has 1 atom stereocenters. The van der Waals surface area contributed by atoms with E-state index in [9.17, 15) is 9.00 Å². The minimum atomic E-state index is -3.34. The fourth-order valence-corrected chi connectivity index (χ4v) is 9.03. The van der Waals surface area contributed by atoms with Crippen LogP contribution in [0.15, 0.2) is 40.4 Å². The van der Waals surface area contributed by atoms with E-state index in [0.717, 1.165) is 31.1 Å². The third kappa shape index (κ3) is 8.12. The van der Waals surface area contributed by atoms with E-state index in [1.54, 1.807) is 10.6 Å². The Morgan fingerprint density at radius 1 is 0.979 bits per heavy atom. The molecule has 3 aromatic rings. The Morgan fingerprint density at radius 3 is 2.45 bits per heavy atom. The number of alkyl halides is 2. The molecule has 7 rings (SSSR count). The van der Waals surface area contributed by atoms with Crippen LogP contribution < -0.4 is 11.3 Å². The van der Waals surface area contributed by atoms with E-state index in [1.807, 2.05) is 13.8 Å². The topological polar surface area (TPSA) is 103 Å². The largest absolute Gasteiger partial charge is 0.381 e. The third-order valence-electron chi connectivity index (χ3n) is 9.42. The Bertz CT molecular complexity index is 1590. The zero-order chi connectivity index (χ0) is 33.6. The van der Waals surface area contributed by atoms with E-state index in [4.69, 9.17) is 10.5 Å². The standard InChI is InChI=1S/C32H40F3N5O3S2.C2H6/c33-27-23-5-3-6-26(27)32(34,35)22-7-13-39(14-8-22)11-1-2-15-43-16-4-12-40-29-25(30(38-20-37-29)44-28(23)36)19-24(31(40)41)21-9-17-45(42)18-10-21;1-2/h3,5-6,19-22,28H,1-2,4,7-18,36H2;1-2H3/t21?,28-,45?;/m1./s1. The molecule has 2 saturated heterocycles. The summed E-state index contributed by atoms with van der Waals surface area (Å²) in [5, 5.41) is -0.00643. The summed E-state index contributed by atoms with van der Waals surface area (Å²) in [7, 11) is -0.889. The first kappa shape index (κ1) is 36.0. The molecule has 47 heavy (non-hydrogen) atoms. The predicted octanol–water partition coefficient (Wildman–Crippen LogP) is 6.34. The van der Waals surface area contributed by atoms with E-state index >= 15 is 13.2 Å². The molecular formula is C34H46F3N5O3S2. The molecule has 4 aliphatic heterocycles. The van der Waals surface area contributed by atoms with Crippen LogP contribution in [0.3, 0.4) is 0 Å². The monoisotopic (exact) mass is 693 g/mol. The highest BCUT2D eigenvalue weighted by Crippen LogP contribution is 2.45. The predicted molar refractivity (Wildman–Crippen MR) is 182 cm³/mol. The summed E-state index contributed by atoms with van der Waals surface area (Å²) < 4.78 is 67.2. The lowest BCUT2D eigenvalue weighted by molar-refractivity contribution is -0.0880. The molecule has 0 unspecified atom stereocenters. The van der Waals surface area contributed by atoms with Gasteiger partial charge in [-0.05, 0) is 76.6 Å². The number of aryl methyl sites for hydroxylation is 1. The number of ether oxygens (including phenoxy) is 1. The van der Waals surface area contributed by atoms with Gasteiger partial charge in [0.2, 0.25) is 0 Å².